The number of anilines is 1. The van der Waals surface area contributed by atoms with Gasteiger partial charge in [0.1, 0.15) is 0 Å². The highest BCUT2D eigenvalue weighted by atomic mass is 15.2. The van der Waals surface area contributed by atoms with E-state index < -0.39 is 0 Å². The third-order valence-corrected chi connectivity index (χ3v) is 2.43. The van der Waals surface area contributed by atoms with Gasteiger partial charge in [0.05, 0.1) is 0 Å². The van der Waals surface area contributed by atoms with E-state index in [1.165, 1.54) is 6.42 Å². The summed E-state index contributed by atoms with van der Waals surface area (Å²) < 4.78 is 2.16. The summed E-state index contributed by atoms with van der Waals surface area (Å²) in [7, 11) is 0. The van der Waals surface area contributed by atoms with Crippen LogP contribution >= 0.6 is 0 Å². The molecule has 1 aromatic rings. The van der Waals surface area contributed by atoms with Gasteiger partial charge in [-0.05, 0) is 33.1 Å². The molecule has 1 atom stereocenters. The van der Waals surface area contributed by atoms with Crippen LogP contribution in [0.2, 0.25) is 0 Å². The Morgan fingerprint density at radius 2 is 1.93 bits per heavy atom. The smallest absolute Gasteiger partial charge is 0.203 e. The summed E-state index contributed by atoms with van der Waals surface area (Å²) >= 11 is 0. The van der Waals surface area contributed by atoms with Gasteiger partial charge in [0.15, 0.2) is 0 Å². The van der Waals surface area contributed by atoms with Gasteiger partial charge in [-0.3, -0.25) is 0 Å². The molecule has 0 saturated carbocycles. The van der Waals surface area contributed by atoms with Crippen molar-refractivity contribution in [3.05, 3.63) is 12.4 Å². The Labute approximate surface area is 92.9 Å². The first-order valence-corrected chi connectivity index (χ1v) is 5.80. The summed E-state index contributed by atoms with van der Waals surface area (Å²) in [5, 5.41) is 3.46. The van der Waals surface area contributed by atoms with Crippen LogP contribution in [0.25, 0.3) is 0 Å². The maximum absolute atomic E-state index is 4.34. The molecule has 0 amide bonds. The van der Waals surface area contributed by atoms with E-state index in [2.05, 4.69) is 49.5 Å². The molecule has 0 fully saturated rings. The zero-order chi connectivity index (χ0) is 11.4. The lowest BCUT2D eigenvalue weighted by atomic mass is 10.1. The van der Waals surface area contributed by atoms with Gasteiger partial charge in [0, 0.05) is 24.5 Å². The van der Waals surface area contributed by atoms with Gasteiger partial charge in [0.2, 0.25) is 5.95 Å². The Morgan fingerprint density at radius 3 is 2.47 bits per heavy atom. The second-order valence-corrected chi connectivity index (χ2v) is 4.93. The third kappa shape index (κ3) is 3.57. The van der Waals surface area contributed by atoms with Gasteiger partial charge >= 0.3 is 0 Å². The molecule has 3 nitrogen and oxygen atoms in total. The predicted molar refractivity (Wildman–Crippen MR) is 65.2 cm³/mol. The normalized spacial score (nSPS) is 13.5. The van der Waals surface area contributed by atoms with Crippen LogP contribution in [0.4, 0.5) is 5.95 Å². The number of nitrogens with one attached hydrogen (secondary N) is 1. The molecular formula is C12H23N3. The van der Waals surface area contributed by atoms with Gasteiger partial charge in [-0.25, -0.2) is 4.98 Å². The van der Waals surface area contributed by atoms with Crippen molar-refractivity contribution in [3.63, 3.8) is 0 Å². The minimum absolute atomic E-state index is 0.459. The molecule has 0 radical (unpaired) electrons. The Hall–Kier alpha value is -0.990. The summed E-state index contributed by atoms with van der Waals surface area (Å²) in [6.45, 7) is 11.0. The van der Waals surface area contributed by atoms with E-state index in [-0.39, 0.29) is 0 Å². The second kappa shape index (κ2) is 5.19. The minimum Gasteiger partial charge on any atom is -0.353 e. The summed E-state index contributed by atoms with van der Waals surface area (Å²) in [5.41, 5.74) is 0. The molecule has 15 heavy (non-hydrogen) atoms. The fourth-order valence-electron chi connectivity index (χ4n) is 1.83. The minimum atomic E-state index is 0.459. The van der Waals surface area contributed by atoms with Crippen molar-refractivity contribution in [1.82, 2.24) is 9.55 Å². The summed E-state index contributed by atoms with van der Waals surface area (Å²) in [6, 6.07) is 0.936. The van der Waals surface area contributed by atoms with E-state index in [4.69, 9.17) is 0 Å². The SMILES string of the molecule is CC(C)CC(C)Nc1nccn1C(C)C. The van der Waals surface area contributed by atoms with E-state index >= 15 is 0 Å². The van der Waals surface area contributed by atoms with Crippen molar-refractivity contribution >= 4 is 5.95 Å². The van der Waals surface area contributed by atoms with Crippen LogP contribution in [-0.2, 0) is 0 Å². The molecule has 1 N–H and O–H groups in total. The van der Waals surface area contributed by atoms with Crippen LogP contribution in [0.1, 0.15) is 47.1 Å². The second-order valence-electron chi connectivity index (χ2n) is 4.93. The highest BCUT2D eigenvalue weighted by Crippen LogP contribution is 2.15. The molecular weight excluding hydrogens is 186 g/mol. The third-order valence-electron chi connectivity index (χ3n) is 2.43. The van der Waals surface area contributed by atoms with Gasteiger partial charge in [-0.15, -0.1) is 0 Å². The van der Waals surface area contributed by atoms with E-state index in [0.717, 1.165) is 11.9 Å². The van der Waals surface area contributed by atoms with E-state index in [1.54, 1.807) is 0 Å². The first-order chi connectivity index (χ1) is 7.00. The van der Waals surface area contributed by atoms with Crippen LogP contribution in [0.3, 0.4) is 0 Å². The molecule has 0 aliphatic rings. The predicted octanol–water partition coefficient (Wildman–Crippen LogP) is 3.31. The molecule has 0 aliphatic carbocycles. The van der Waals surface area contributed by atoms with Gasteiger partial charge in [-0.2, -0.15) is 0 Å². The molecule has 0 spiro atoms. The average molecular weight is 209 g/mol. The summed E-state index contributed by atoms with van der Waals surface area (Å²) in [4.78, 5) is 4.34. The number of nitrogens with zero attached hydrogens (tertiary/aromatic N) is 2. The van der Waals surface area contributed by atoms with Crippen LogP contribution in [0, 0.1) is 5.92 Å². The average Bonchev–Trinajstić information content (AvgIpc) is 2.50. The topological polar surface area (TPSA) is 29.9 Å². The molecule has 1 aromatic heterocycles. The monoisotopic (exact) mass is 209 g/mol. The first kappa shape index (κ1) is 12.1. The Morgan fingerprint density at radius 1 is 1.27 bits per heavy atom. The Balaban J connectivity index is 2.60. The molecule has 86 valence electrons. The van der Waals surface area contributed by atoms with Crippen molar-refractivity contribution < 1.29 is 0 Å². The number of aromatic nitrogens is 2. The number of hydrogen-bond donors (Lipinski definition) is 1. The molecule has 1 unspecified atom stereocenters. The highest BCUT2D eigenvalue weighted by molar-refractivity contribution is 5.27. The summed E-state index contributed by atoms with van der Waals surface area (Å²) in [6.07, 6.45) is 5.05. The zero-order valence-corrected chi connectivity index (χ0v) is 10.5. The van der Waals surface area contributed by atoms with Crippen molar-refractivity contribution in [3.8, 4) is 0 Å². The lowest BCUT2D eigenvalue weighted by molar-refractivity contribution is 0.529. The first-order valence-electron chi connectivity index (χ1n) is 5.80. The Kier molecular flexibility index (Phi) is 4.18. The van der Waals surface area contributed by atoms with E-state index in [9.17, 15) is 0 Å². The van der Waals surface area contributed by atoms with Crippen molar-refractivity contribution in [1.29, 1.82) is 0 Å². The van der Waals surface area contributed by atoms with Crippen LogP contribution < -0.4 is 5.32 Å². The number of rotatable bonds is 5. The maximum Gasteiger partial charge on any atom is 0.203 e. The number of imidazole rings is 1. The molecule has 0 aromatic carbocycles. The molecule has 3 heteroatoms. The van der Waals surface area contributed by atoms with Gasteiger partial charge < -0.3 is 9.88 Å². The van der Waals surface area contributed by atoms with Crippen molar-refractivity contribution in [2.24, 2.45) is 5.92 Å². The van der Waals surface area contributed by atoms with Crippen molar-refractivity contribution in [2.45, 2.75) is 53.1 Å². The van der Waals surface area contributed by atoms with Crippen molar-refractivity contribution in [2.75, 3.05) is 5.32 Å². The zero-order valence-electron chi connectivity index (χ0n) is 10.5. The van der Waals surface area contributed by atoms with Crippen LogP contribution in [-0.4, -0.2) is 15.6 Å². The van der Waals surface area contributed by atoms with Crippen LogP contribution in [0.5, 0.6) is 0 Å². The van der Waals surface area contributed by atoms with Gasteiger partial charge in [-0.1, -0.05) is 13.8 Å². The molecule has 1 rings (SSSR count). The summed E-state index contributed by atoms with van der Waals surface area (Å²) in [5.74, 6) is 1.70. The molecule has 0 saturated heterocycles. The largest absolute Gasteiger partial charge is 0.353 e. The molecule has 1 heterocycles. The molecule has 0 bridgehead atoms. The van der Waals surface area contributed by atoms with E-state index in [1.807, 2.05) is 12.4 Å². The van der Waals surface area contributed by atoms with Gasteiger partial charge in [0.25, 0.3) is 0 Å². The standard InChI is InChI=1S/C12H23N3/c1-9(2)8-11(5)14-12-13-6-7-15(12)10(3)4/h6-7,9-11H,8H2,1-5H3,(H,13,14). The lowest BCUT2D eigenvalue weighted by Gasteiger charge is -2.19. The fraction of sp³-hybridized carbons (Fsp3) is 0.750. The fourth-order valence-corrected chi connectivity index (χ4v) is 1.83. The lowest BCUT2D eigenvalue weighted by Crippen LogP contribution is -2.20. The maximum atomic E-state index is 4.34. The van der Waals surface area contributed by atoms with Crippen LogP contribution in [0.15, 0.2) is 12.4 Å². The molecule has 0 aliphatic heterocycles. The Bertz CT molecular complexity index is 289. The quantitative estimate of drug-likeness (QED) is 0.806. The number of hydrogen-bond acceptors (Lipinski definition) is 2. The highest BCUT2D eigenvalue weighted by Gasteiger charge is 2.09. The van der Waals surface area contributed by atoms with E-state index in [0.29, 0.717) is 12.1 Å².